The van der Waals surface area contributed by atoms with E-state index >= 15 is 0 Å². The van der Waals surface area contributed by atoms with Crippen LogP contribution in [0.25, 0.3) is 0 Å². The zero-order chi connectivity index (χ0) is 11.3. The second-order valence-corrected chi connectivity index (χ2v) is 3.33. The van der Waals surface area contributed by atoms with Crippen molar-refractivity contribution in [3.63, 3.8) is 0 Å². The number of carbonyl (C=O) groups is 1. The molecule has 1 amide bonds. The van der Waals surface area contributed by atoms with Gasteiger partial charge in [-0.05, 0) is 12.5 Å². The molecule has 80 valence electrons. The van der Waals surface area contributed by atoms with Gasteiger partial charge in [0.15, 0.2) is 0 Å². The summed E-state index contributed by atoms with van der Waals surface area (Å²) in [6.07, 6.45) is 1.67. The summed E-state index contributed by atoms with van der Waals surface area (Å²) in [5.41, 5.74) is 1.98. The minimum absolute atomic E-state index is 0. The molecule has 0 fully saturated rings. The normalized spacial score (nSPS) is 11.1. The Hall–Kier alpha value is -0.736. The Balaban J connectivity index is 0.00000225. The first-order valence-corrected chi connectivity index (χ1v) is 4.54. The van der Waals surface area contributed by atoms with Gasteiger partial charge in [-0.1, -0.05) is 29.8 Å². The van der Waals surface area contributed by atoms with E-state index in [9.17, 15) is 9.59 Å². The number of hydrogen-bond donors (Lipinski definition) is 2. The van der Waals surface area contributed by atoms with Crippen molar-refractivity contribution in [1.82, 2.24) is 5.32 Å². The number of nitrogens with one attached hydrogen (secondary N) is 1. The van der Waals surface area contributed by atoms with E-state index in [4.69, 9.17) is 5.11 Å². The first-order valence-electron chi connectivity index (χ1n) is 4.54. The molecule has 2 N–H and O–H groups in total. The van der Waals surface area contributed by atoms with E-state index in [-0.39, 0.29) is 39.1 Å². The van der Waals surface area contributed by atoms with Crippen molar-refractivity contribution < 1.29 is 47.4 Å². The van der Waals surface area contributed by atoms with Crippen molar-refractivity contribution in [2.45, 2.75) is 19.4 Å². The van der Waals surface area contributed by atoms with Crippen LogP contribution < -0.4 is 5.32 Å². The van der Waals surface area contributed by atoms with E-state index < -0.39 is 12.0 Å². The maximum absolute atomic E-state index is 10.7. The molecule has 4 nitrogen and oxygen atoms in total. The molecule has 5 heteroatoms. The number of hydrogen-bond acceptors (Lipinski definition) is 2. The van der Waals surface area contributed by atoms with Gasteiger partial charge in [-0.15, -0.1) is 0 Å². The summed E-state index contributed by atoms with van der Waals surface area (Å²) in [5.74, 6) is -1.06. The fourth-order valence-corrected chi connectivity index (χ4v) is 1.23. The van der Waals surface area contributed by atoms with Crippen LogP contribution in [-0.2, 0) is 48.7 Å². The smallest absolute Gasteiger partial charge is 0.520 e. The second-order valence-electron chi connectivity index (χ2n) is 3.33. The molecule has 1 rings (SSSR count). The average Bonchev–Trinajstić information content (AvgIpc) is 2.20. The summed E-state index contributed by atoms with van der Waals surface area (Å²) in [7, 11) is 0. The molecule has 16 heavy (non-hydrogen) atoms. The molecule has 0 radical (unpaired) electrons. The number of aryl methyl sites for hydroxylation is 1. The number of amides is 1. The topological polar surface area (TPSA) is 66.4 Å². The number of carboxylic acid groups (broad SMARTS) is 1. The van der Waals surface area contributed by atoms with Crippen molar-refractivity contribution in [2.75, 3.05) is 0 Å². The van der Waals surface area contributed by atoms with Crippen LogP contribution in [0.4, 0.5) is 0 Å². The van der Waals surface area contributed by atoms with Crippen LogP contribution in [0.5, 0.6) is 0 Å². The van der Waals surface area contributed by atoms with Gasteiger partial charge in [0, 0.05) is 6.42 Å². The second kappa shape index (κ2) is 7.52. The Morgan fingerprint density at radius 2 is 2.00 bits per heavy atom. The number of carboxylic acids is 1. The zero-order valence-electron chi connectivity index (χ0n) is 8.93. The van der Waals surface area contributed by atoms with E-state index in [0.717, 1.165) is 11.1 Å². The number of aliphatic carboxylic acids is 1. The fourth-order valence-electron chi connectivity index (χ4n) is 1.23. The van der Waals surface area contributed by atoms with Gasteiger partial charge in [-0.3, -0.25) is 4.79 Å². The van der Waals surface area contributed by atoms with Crippen LogP contribution in [0, 0.1) is 6.92 Å². The molecule has 0 heterocycles. The van der Waals surface area contributed by atoms with Crippen molar-refractivity contribution >= 4 is 12.4 Å². The first kappa shape index (κ1) is 15.3. The minimum atomic E-state index is -1.06. The van der Waals surface area contributed by atoms with E-state index in [1.54, 1.807) is 0 Å². The van der Waals surface area contributed by atoms with Crippen molar-refractivity contribution in [1.29, 1.82) is 0 Å². The summed E-state index contributed by atoms with van der Waals surface area (Å²) in [5, 5.41) is 10.9. The van der Waals surface area contributed by atoms with Crippen molar-refractivity contribution in [3.8, 4) is 0 Å². The number of benzene rings is 1. The van der Waals surface area contributed by atoms with Gasteiger partial charge in [0.2, 0.25) is 0 Å². The maximum Gasteiger partial charge on any atom is 3.00 e. The Bertz CT molecular complexity index is 351. The predicted octanol–water partition coefficient (Wildman–Crippen LogP) is 0.645. The average molecular weight is 295 g/mol. The Labute approximate surface area is 119 Å². The van der Waals surface area contributed by atoms with Gasteiger partial charge in [0.05, 0.1) is 0 Å². The molecular formula is C11H12NO3Y+2. The zero-order valence-corrected chi connectivity index (χ0v) is 11.8. The number of rotatable bonds is 5. The minimum Gasteiger partial charge on any atom is -0.520 e. The van der Waals surface area contributed by atoms with E-state index in [1.807, 2.05) is 31.2 Å². The fraction of sp³-hybridized carbons (Fsp3) is 0.273. The van der Waals surface area contributed by atoms with E-state index in [2.05, 4.69) is 5.32 Å². The standard InChI is InChI=1S/C11H12NO3.Y/c1-8-2-4-9(5-3-8)6-10(11(14)15)12-7-13;/h2-5,10H,6H2,1H3,(H,12,13)(H,14,15);/q-1;+3. The van der Waals surface area contributed by atoms with E-state index in [0.29, 0.717) is 0 Å². The van der Waals surface area contributed by atoms with Crippen LogP contribution in [0.15, 0.2) is 24.3 Å². The van der Waals surface area contributed by atoms with Gasteiger partial charge in [-0.25, -0.2) is 0 Å². The third-order valence-corrected chi connectivity index (χ3v) is 2.09. The van der Waals surface area contributed by atoms with Crippen LogP contribution >= 0.6 is 0 Å². The predicted molar refractivity (Wildman–Crippen MR) is 55.1 cm³/mol. The molecule has 1 unspecified atom stereocenters. The third kappa shape index (κ3) is 4.86. The molecule has 0 bridgehead atoms. The Morgan fingerprint density at radius 3 is 2.44 bits per heavy atom. The van der Waals surface area contributed by atoms with Gasteiger partial charge in [-0.2, -0.15) is 6.41 Å². The van der Waals surface area contributed by atoms with Crippen LogP contribution in [-0.4, -0.2) is 23.5 Å². The number of carbonyl (C=O) groups excluding carboxylic acids is 1. The summed E-state index contributed by atoms with van der Waals surface area (Å²) in [6.45, 7) is 1.95. The van der Waals surface area contributed by atoms with Crippen LogP contribution in [0.3, 0.4) is 0 Å². The monoisotopic (exact) mass is 295 g/mol. The maximum atomic E-state index is 10.7. The Kier molecular flexibility index (Phi) is 7.18. The van der Waals surface area contributed by atoms with Crippen molar-refractivity contribution in [3.05, 3.63) is 35.4 Å². The summed E-state index contributed by atoms with van der Waals surface area (Å²) < 4.78 is 0. The van der Waals surface area contributed by atoms with Crippen LogP contribution in [0.2, 0.25) is 0 Å². The molecule has 1 aromatic rings. The quantitative estimate of drug-likeness (QED) is 0.619. The molecule has 0 aliphatic carbocycles. The van der Waals surface area contributed by atoms with E-state index in [1.165, 1.54) is 6.41 Å². The summed E-state index contributed by atoms with van der Waals surface area (Å²) >= 11 is 0. The molecular weight excluding hydrogens is 283 g/mol. The van der Waals surface area contributed by atoms with Gasteiger partial charge in [0.25, 0.3) is 0 Å². The SMILES string of the molecule is Cc1ccc(CC(N[C-]=O)C(=O)O)cc1.[Y+3]. The van der Waals surface area contributed by atoms with Gasteiger partial charge < -0.3 is 15.2 Å². The molecule has 0 aromatic heterocycles. The summed E-state index contributed by atoms with van der Waals surface area (Å²) in [4.78, 5) is 20.8. The van der Waals surface area contributed by atoms with Crippen molar-refractivity contribution in [2.24, 2.45) is 0 Å². The third-order valence-electron chi connectivity index (χ3n) is 2.09. The van der Waals surface area contributed by atoms with Gasteiger partial charge >= 0.3 is 38.7 Å². The molecule has 1 atom stereocenters. The Morgan fingerprint density at radius 1 is 1.44 bits per heavy atom. The molecule has 0 aliphatic rings. The molecule has 1 aromatic carbocycles. The largest absolute Gasteiger partial charge is 3.00 e. The molecule has 0 spiro atoms. The summed E-state index contributed by atoms with van der Waals surface area (Å²) in [6, 6.07) is 6.58. The molecule has 0 saturated heterocycles. The first-order chi connectivity index (χ1) is 7.13. The molecule has 0 saturated carbocycles. The van der Waals surface area contributed by atoms with Crippen LogP contribution in [0.1, 0.15) is 11.1 Å². The van der Waals surface area contributed by atoms with Gasteiger partial charge in [0.1, 0.15) is 6.04 Å². The molecule has 0 aliphatic heterocycles.